The molecule has 2 aliphatic rings. The summed E-state index contributed by atoms with van der Waals surface area (Å²) in [6, 6.07) is 7.37. The minimum atomic E-state index is -0.433. The van der Waals surface area contributed by atoms with E-state index < -0.39 is 5.97 Å². The largest absolute Gasteiger partial charge is 0.454 e. The van der Waals surface area contributed by atoms with Crippen LogP contribution in [0.2, 0.25) is 0 Å². The molecule has 1 aliphatic carbocycles. The maximum atomic E-state index is 12.0. The lowest BCUT2D eigenvalue weighted by molar-refractivity contribution is -0.124. The van der Waals surface area contributed by atoms with E-state index in [9.17, 15) is 9.59 Å². The first-order chi connectivity index (χ1) is 12.2. The Balaban J connectivity index is 1.25. The normalized spacial score (nSPS) is 14.2. The summed E-state index contributed by atoms with van der Waals surface area (Å²) in [6.07, 6.45) is 3.21. The fourth-order valence-electron chi connectivity index (χ4n) is 2.93. The Morgan fingerprint density at radius 2 is 2.04 bits per heavy atom. The number of hydrogen-bond acceptors (Lipinski definition) is 6. The van der Waals surface area contributed by atoms with Crippen LogP contribution in [0.4, 0.5) is 0 Å². The molecule has 0 spiro atoms. The van der Waals surface area contributed by atoms with Gasteiger partial charge in [-0.05, 0) is 48.6 Å². The van der Waals surface area contributed by atoms with E-state index in [0.29, 0.717) is 22.9 Å². The smallest absolute Gasteiger partial charge is 0.348 e. The van der Waals surface area contributed by atoms with Gasteiger partial charge in [0.2, 0.25) is 6.79 Å². The van der Waals surface area contributed by atoms with Crippen molar-refractivity contribution in [2.45, 2.75) is 25.8 Å². The number of aryl methyl sites for hydroxylation is 2. The molecular weight excluding hydrogens is 342 g/mol. The fourth-order valence-corrected chi connectivity index (χ4v) is 4.08. The highest BCUT2D eigenvalue weighted by Crippen LogP contribution is 2.32. The molecule has 1 amide bonds. The molecule has 1 aromatic heterocycles. The predicted octanol–water partition coefficient (Wildman–Crippen LogP) is 2.44. The number of thiophene rings is 1. The summed E-state index contributed by atoms with van der Waals surface area (Å²) >= 11 is 1.47. The second-order valence-electron chi connectivity index (χ2n) is 5.95. The summed E-state index contributed by atoms with van der Waals surface area (Å²) in [6.45, 7) is 0.263. The zero-order valence-corrected chi connectivity index (χ0v) is 14.3. The maximum absolute atomic E-state index is 12.0. The number of esters is 1. The topological polar surface area (TPSA) is 73.9 Å². The van der Waals surface area contributed by atoms with Crippen molar-refractivity contribution in [3.8, 4) is 11.5 Å². The number of benzene rings is 1. The lowest BCUT2D eigenvalue weighted by Gasteiger charge is -2.07. The van der Waals surface area contributed by atoms with E-state index in [1.807, 2.05) is 18.2 Å². The van der Waals surface area contributed by atoms with E-state index in [1.54, 1.807) is 6.07 Å². The molecule has 1 aromatic carbocycles. The van der Waals surface area contributed by atoms with Gasteiger partial charge in [0, 0.05) is 11.4 Å². The van der Waals surface area contributed by atoms with Crippen molar-refractivity contribution in [2.24, 2.45) is 0 Å². The average Bonchev–Trinajstić information content (AvgIpc) is 3.32. The van der Waals surface area contributed by atoms with Gasteiger partial charge >= 0.3 is 5.97 Å². The molecule has 130 valence electrons. The van der Waals surface area contributed by atoms with Crippen LogP contribution in [0.15, 0.2) is 24.3 Å². The van der Waals surface area contributed by atoms with Gasteiger partial charge in [0.1, 0.15) is 4.88 Å². The zero-order valence-electron chi connectivity index (χ0n) is 13.5. The molecule has 0 saturated heterocycles. The number of rotatable bonds is 5. The van der Waals surface area contributed by atoms with Crippen LogP contribution in [-0.2, 0) is 28.9 Å². The van der Waals surface area contributed by atoms with Crippen molar-refractivity contribution >= 4 is 23.2 Å². The SMILES string of the molecule is O=C(COC(=O)c1cc2c(s1)CCC2)NCc1ccc2c(c1)OCO2. The molecule has 0 bridgehead atoms. The molecule has 0 atom stereocenters. The minimum Gasteiger partial charge on any atom is -0.454 e. The first kappa shape index (κ1) is 16.0. The fraction of sp³-hybridized carbons (Fsp3) is 0.333. The van der Waals surface area contributed by atoms with Gasteiger partial charge in [-0.3, -0.25) is 4.79 Å². The molecule has 6 nitrogen and oxygen atoms in total. The summed E-state index contributed by atoms with van der Waals surface area (Å²) in [5, 5.41) is 2.73. The van der Waals surface area contributed by atoms with Crippen LogP contribution in [-0.4, -0.2) is 25.3 Å². The molecular formula is C18H17NO5S. The summed E-state index contributed by atoms with van der Waals surface area (Å²) < 4.78 is 15.6. The molecule has 0 unspecified atom stereocenters. The number of carbonyl (C=O) groups excluding carboxylic acids is 2. The van der Waals surface area contributed by atoms with Gasteiger partial charge in [0.15, 0.2) is 18.1 Å². The Bertz CT molecular complexity index is 807. The third kappa shape index (κ3) is 3.46. The number of nitrogens with one attached hydrogen (secondary N) is 1. The molecule has 0 fully saturated rings. The molecule has 0 radical (unpaired) electrons. The van der Waals surface area contributed by atoms with Crippen LogP contribution in [0.1, 0.15) is 32.1 Å². The standard InChI is InChI=1S/C18H17NO5S/c20-17(19-8-11-4-5-13-14(6-11)24-10-23-13)9-22-18(21)16-7-12-2-1-3-15(12)25-16/h4-7H,1-3,8-10H2,(H,19,20). The van der Waals surface area contributed by atoms with Gasteiger partial charge < -0.3 is 19.5 Å². The molecule has 2 heterocycles. The number of amides is 1. The third-order valence-electron chi connectivity index (χ3n) is 4.21. The van der Waals surface area contributed by atoms with Gasteiger partial charge in [-0.2, -0.15) is 0 Å². The van der Waals surface area contributed by atoms with E-state index in [-0.39, 0.29) is 19.3 Å². The van der Waals surface area contributed by atoms with E-state index in [4.69, 9.17) is 14.2 Å². The van der Waals surface area contributed by atoms with Crippen molar-refractivity contribution in [2.75, 3.05) is 13.4 Å². The molecule has 1 aliphatic heterocycles. The van der Waals surface area contributed by atoms with E-state index in [2.05, 4.69) is 5.32 Å². The quantitative estimate of drug-likeness (QED) is 0.830. The van der Waals surface area contributed by atoms with Gasteiger partial charge in [-0.15, -0.1) is 11.3 Å². The van der Waals surface area contributed by atoms with Crippen LogP contribution in [0.5, 0.6) is 11.5 Å². The first-order valence-corrected chi connectivity index (χ1v) is 8.94. The van der Waals surface area contributed by atoms with E-state index in [0.717, 1.165) is 24.8 Å². The van der Waals surface area contributed by atoms with Gasteiger partial charge in [-0.1, -0.05) is 6.07 Å². The van der Waals surface area contributed by atoms with Crippen LogP contribution in [0, 0.1) is 0 Å². The van der Waals surface area contributed by atoms with Crippen molar-refractivity contribution in [3.63, 3.8) is 0 Å². The van der Waals surface area contributed by atoms with Gasteiger partial charge in [0.25, 0.3) is 5.91 Å². The Labute approximate surface area is 148 Å². The van der Waals surface area contributed by atoms with Crippen molar-refractivity contribution < 1.29 is 23.8 Å². The van der Waals surface area contributed by atoms with Crippen molar-refractivity contribution in [1.29, 1.82) is 0 Å². The number of carbonyl (C=O) groups is 2. The highest BCUT2D eigenvalue weighted by molar-refractivity contribution is 7.14. The number of fused-ring (bicyclic) bond motifs is 2. The molecule has 0 saturated carbocycles. The summed E-state index contributed by atoms with van der Waals surface area (Å²) in [5.74, 6) is 0.600. The van der Waals surface area contributed by atoms with Crippen molar-refractivity contribution in [3.05, 3.63) is 45.1 Å². The average molecular weight is 359 g/mol. The highest BCUT2D eigenvalue weighted by atomic mass is 32.1. The number of hydrogen-bond donors (Lipinski definition) is 1. The minimum absolute atomic E-state index is 0.216. The van der Waals surface area contributed by atoms with Crippen LogP contribution >= 0.6 is 11.3 Å². The van der Waals surface area contributed by atoms with Crippen LogP contribution in [0.3, 0.4) is 0 Å². The van der Waals surface area contributed by atoms with Crippen LogP contribution in [0.25, 0.3) is 0 Å². The Hall–Kier alpha value is -2.54. The lowest BCUT2D eigenvalue weighted by atomic mass is 10.2. The summed E-state index contributed by atoms with van der Waals surface area (Å²) in [7, 11) is 0. The first-order valence-electron chi connectivity index (χ1n) is 8.13. The second-order valence-corrected chi connectivity index (χ2v) is 7.09. The van der Waals surface area contributed by atoms with Crippen molar-refractivity contribution in [1.82, 2.24) is 5.32 Å². The van der Waals surface area contributed by atoms with E-state index >= 15 is 0 Å². The molecule has 4 rings (SSSR count). The molecule has 25 heavy (non-hydrogen) atoms. The van der Waals surface area contributed by atoms with E-state index in [1.165, 1.54) is 21.8 Å². The molecule has 7 heteroatoms. The predicted molar refractivity (Wildman–Crippen MR) is 91.0 cm³/mol. The maximum Gasteiger partial charge on any atom is 0.348 e. The van der Waals surface area contributed by atoms with Gasteiger partial charge in [0.05, 0.1) is 0 Å². The van der Waals surface area contributed by atoms with Gasteiger partial charge in [-0.25, -0.2) is 4.79 Å². The molecule has 1 N–H and O–H groups in total. The Kier molecular flexibility index (Phi) is 4.31. The zero-order chi connectivity index (χ0) is 17.2. The summed E-state index contributed by atoms with van der Waals surface area (Å²) in [5.41, 5.74) is 2.13. The van der Waals surface area contributed by atoms with Crippen LogP contribution < -0.4 is 14.8 Å². The molecule has 2 aromatic rings. The number of ether oxygens (including phenoxy) is 3. The monoisotopic (exact) mass is 359 g/mol. The Morgan fingerprint density at radius 3 is 2.92 bits per heavy atom. The third-order valence-corrected chi connectivity index (χ3v) is 5.43. The second kappa shape index (κ2) is 6.76. The lowest BCUT2D eigenvalue weighted by Crippen LogP contribution is -2.28. The summed E-state index contributed by atoms with van der Waals surface area (Å²) in [4.78, 5) is 25.8. The Morgan fingerprint density at radius 1 is 1.16 bits per heavy atom. The highest BCUT2D eigenvalue weighted by Gasteiger charge is 2.20.